The Morgan fingerprint density at radius 2 is 1.79 bits per heavy atom. The number of nitro benzene ring substituents is 1. The molecule has 0 atom stereocenters. The maximum Gasteiger partial charge on any atom is 0.416 e. The highest BCUT2D eigenvalue weighted by Crippen LogP contribution is 2.31. The predicted molar refractivity (Wildman–Crippen MR) is 81.9 cm³/mol. The topological polar surface area (TPSA) is 84.3 Å². The summed E-state index contributed by atoms with van der Waals surface area (Å²) in [6.45, 7) is 1.46. The number of urea groups is 1. The lowest BCUT2D eigenvalue weighted by Gasteiger charge is -2.12. The zero-order valence-corrected chi connectivity index (χ0v) is 12.3. The van der Waals surface area contributed by atoms with E-state index in [1.54, 1.807) is 0 Å². The number of hydrogen-bond acceptors (Lipinski definition) is 3. The highest BCUT2D eigenvalue weighted by Gasteiger charge is 2.30. The summed E-state index contributed by atoms with van der Waals surface area (Å²) in [6.07, 6.45) is -4.52. The molecule has 6 nitrogen and oxygen atoms in total. The van der Waals surface area contributed by atoms with Crippen LogP contribution in [-0.2, 0) is 6.18 Å². The van der Waals surface area contributed by atoms with Gasteiger partial charge in [0, 0.05) is 11.8 Å². The molecule has 0 heterocycles. The van der Waals surface area contributed by atoms with E-state index in [2.05, 4.69) is 10.6 Å². The summed E-state index contributed by atoms with van der Waals surface area (Å²) in [7, 11) is 0. The van der Waals surface area contributed by atoms with Gasteiger partial charge in [-0.15, -0.1) is 0 Å². The fourth-order valence-corrected chi connectivity index (χ4v) is 2.01. The van der Waals surface area contributed by atoms with E-state index in [9.17, 15) is 28.1 Å². The summed E-state index contributed by atoms with van der Waals surface area (Å²) in [5.41, 5.74) is -0.695. The molecular formula is C15H12F3N3O3. The van der Waals surface area contributed by atoms with Crippen LogP contribution in [-0.4, -0.2) is 11.0 Å². The largest absolute Gasteiger partial charge is 0.416 e. The number of carbonyl (C=O) groups excluding carboxylic acids is 1. The van der Waals surface area contributed by atoms with Gasteiger partial charge in [0.2, 0.25) is 0 Å². The highest BCUT2D eigenvalue weighted by atomic mass is 19.4. The van der Waals surface area contributed by atoms with Crippen LogP contribution in [0.25, 0.3) is 0 Å². The minimum Gasteiger partial charge on any atom is -0.308 e. The van der Waals surface area contributed by atoms with Gasteiger partial charge in [0.25, 0.3) is 5.69 Å². The second-order valence-corrected chi connectivity index (χ2v) is 4.86. The van der Waals surface area contributed by atoms with Crippen molar-refractivity contribution in [3.05, 3.63) is 63.7 Å². The van der Waals surface area contributed by atoms with E-state index in [1.807, 2.05) is 0 Å². The third-order valence-corrected chi connectivity index (χ3v) is 3.20. The van der Waals surface area contributed by atoms with Gasteiger partial charge in [-0.3, -0.25) is 10.1 Å². The molecule has 0 aliphatic heterocycles. The zero-order chi connectivity index (χ0) is 17.9. The van der Waals surface area contributed by atoms with Crippen molar-refractivity contribution >= 4 is 23.1 Å². The number of nitrogens with zero attached hydrogens (tertiary/aromatic N) is 1. The molecule has 2 N–H and O–H groups in total. The SMILES string of the molecule is Cc1c(NC(=O)Nc2cccc(C(F)(F)F)c2)cccc1[N+](=O)[O-]. The van der Waals surface area contributed by atoms with Gasteiger partial charge in [0.05, 0.1) is 21.7 Å². The first-order chi connectivity index (χ1) is 11.2. The number of benzene rings is 2. The van der Waals surface area contributed by atoms with Gasteiger partial charge in [0.1, 0.15) is 0 Å². The third kappa shape index (κ3) is 4.00. The normalized spacial score (nSPS) is 11.0. The number of carbonyl (C=O) groups is 1. The summed E-state index contributed by atoms with van der Waals surface area (Å²) in [6, 6.07) is 7.46. The Morgan fingerprint density at radius 3 is 2.42 bits per heavy atom. The molecule has 9 heteroatoms. The van der Waals surface area contributed by atoms with Crippen LogP contribution in [0.1, 0.15) is 11.1 Å². The van der Waals surface area contributed by atoms with Crippen molar-refractivity contribution in [1.82, 2.24) is 0 Å². The van der Waals surface area contributed by atoms with Crippen LogP contribution in [0.4, 0.5) is 35.0 Å². The quantitative estimate of drug-likeness (QED) is 0.635. The lowest BCUT2D eigenvalue weighted by atomic mass is 10.1. The molecule has 0 aliphatic rings. The Hall–Kier alpha value is -3.10. The third-order valence-electron chi connectivity index (χ3n) is 3.20. The van der Waals surface area contributed by atoms with Crippen molar-refractivity contribution in [1.29, 1.82) is 0 Å². The summed E-state index contributed by atoms with van der Waals surface area (Å²) < 4.78 is 37.9. The lowest BCUT2D eigenvalue weighted by molar-refractivity contribution is -0.385. The van der Waals surface area contributed by atoms with Crippen LogP contribution in [0.5, 0.6) is 0 Å². The Bertz CT molecular complexity index is 791. The fraction of sp³-hybridized carbons (Fsp3) is 0.133. The first-order valence-electron chi connectivity index (χ1n) is 6.68. The van der Waals surface area contributed by atoms with Crippen LogP contribution < -0.4 is 10.6 Å². The number of nitro groups is 1. The van der Waals surface area contributed by atoms with E-state index in [4.69, 9.17) is 0 Å². The van der Waals surface area contributed by atoms with E-state index in [0.29, 0.717) is 0 Å². The molecule has 24 heavy (non-hydrogen) atoms. The number of anilines is 2. The molecule has 0 aliphatic carbocycles. The van der Waals surface area contributed by atoms with Gasteiger partial charge in [-0.25, -0.2) is 4.79 Å². The van der Waals surface area contributed by atoms with E-state index in [0.717, 1.165) is 18.2 Å². The minimum absolute atomic E-state index is 0.0505. The number of rotatable bonds is 3. The van der Waals surface area contributed by atoms with Crippen LogP contribution in [0.15, 0.2) is 42.5 Å². The van der Waals surface area contributed by atoms with Crippen LogP contribution >= 0.6 is 0 Å². The van der Waals surface area contributed by atoms with Crippen molar-refractivity contribution in [3.8, 4) is 0 Å². The summed E-state index contributed by atoms with van der Waals surface area (Å²) in [4.78, 5) is 22.2. The van der Waals surface area contributed by atoms with Crippen LogP contribution in [0.2, 0.25) is 0 Å². The van der Waals surface area contributed by atoms with Crippen LogP contribution in [0, 0.1) is 17.0 Å². The van der Waals surface area contributed by atoms with Gasteiger partial charge < -0.3 is 10.6 Å². The molecule has 2 amide bonds. The molecule has 0 saturated heterocycles. The number of nitrogens with one attached hydrogen (secondary N) is 2. The predicted octanol–water partition coefficient (Wildman–Crippen LogP) is 4.57. The van der Waals surface area contributed by atoms with Crippen molar-refractivity contribution in [2.45, 2.75) is 13.1 Å². The first kappa shape index (κ1) is 17.3. The summed E-state index contributed by atoms with van der Waals surface area (Å²) in [5, 5.41) is 15.5. The van der Waals surface area contributed by atoms with E-state index in [-0.39, 0.29) is 22.6 Å². The van der Waals surface area contributed by atoms with Crippen molar-refractivity contribution in [2.75, 3.05) is 10.6 Å². The fourth-order valence-electron chi connectivity index (χ4n) is 2.01. The van der Waals surface area contributed by atoms with Crippen molar-refractivity contribution in [2.24, 2.45) is 0 Å². The van der Waals surface area contributed by atoms with Gasteiger partial charge >= 0.3 is 12.2 Å². The van der Waals surface area contributed by atoms with E-state index in [1.165, 1.54) is 31.2 Å². The van der Waals surface area contributed by atoms with E-state index < -0.39 is 22.7 Å². The number of halogens is 3. The monoisotopic (exact) mass is 339 g/mol. The summed E-state index contributed by atoms with van der Waals surface area (Å²) >= 11 is 0. The molecule has 2 rings (SSSR count). The Labute approximate surface area is 134 Å². The van der Waals surface area contributed by atoms with Gasteiger partial charge in [-0.1, -0.05) is 12.1 Å². The second kappa shape index (κ2) is 6.57. The smallest absolute Gasteiger partial charge is 0.308 e. The molecule has 126 valence electrons. The molecule has 2 aromatic rings. The number of hydrogen-bond donors (Lipinski definition) is 2. The molecule has 2 aromatic carbocycles. The molecule has 0 saturated carbocycles. The molecular weight excluding hydrogens is 327 g/mol. The van der Waals surface area contributed by atoms with Crippen molar-refractivity contribution < 1.29 is 22.9 Å². The maximum atomic E-state index is 12.6. The van der Waals surface area contributed by atoms with Crippen LogP contribution in [0.3, 0.4) is 0 Å². The van der Waals surface area contributed by atoms with Gasteiger partial charge in [-0.05, 0) is 31.2 Å². The average Bonchev–Trinajstić information content (AvgIpc) is 2.48. The Morgan fingerprint density at radius 1 is 1.12 bits per heavy atom. The first-order valence-corrected chi connectivity index (χ1v) is 6.68. The van der Waals surface area contributed by atoms with Gasteiger partial charge in [-0.2, -0.15) is 13.2 Å². The summed E-state index contributed by atoms with van der Waals surface area (Å²) in [5.74, 6) is 0. The zero-order valence-electron chi connectivity index (χ0n) is 12.3. The minimum atomic E-state index is -4.52. The number of alkyl halides is 3. The molecule has 0 radical (unpaired) electrons. The Kier molecular flexibility index (Phi) is 4.72. The maximum absolute atomic E-state index is 12.6. The number of amides is 2. The second-order valence-electron chi connectivity index (χ2n) is 4.86. The standard InChI is InChI=1S/C15H12F3N3O3/c1-9-12(6-3-7-13(9)21(23)24)20-14(22)19-11-5-2-4-10(8-11)15(16,17)18/h2-8H,1H3,(H2,19,20,22). The van der Waals surface area contributed by atoms with Gasteiger partial charge in [0.15, 0.2) is 0 Å². The average molecular weight is 339 g/mol. The molecule has 0 aromatic heterocycles. The molecule has 0 spiro atoms. The van der Waals surface area contributed by atoms with E-state index >= 15 is 0 Å². The Balaban J connectivity index is 2.15. The van der Waals surface area contributed by atoms with Crippen molar-refractivity contribution in [3.63, 3.8) is 0 Å². The highest BCUT2D eigenvalue weighted by molar-refractivity contribution is 6.00. The lowest BCUT2D eigenvalue weighted by Crippen LogP contribution is -2.20. The molecule has 0 fully saturated rings. The molecule has 0 bridgehead atoms. The molecule has 0 unspecified atom stereocenters.